The number of nitrogens with zero attached hydrogens (tertiary/aromatic N) is 4. The average Bonchev–Trinajstić information content (AvgIpc) is 2.73. The quantitative estimate of drug-likeness (QED) is 0.390. The van der Waals surface area contributed by atoms with E-state index >= 15 is 0 Å². The first-order valence-corrected chi connectivity index (χ1v) is 8.92. The van der Waals surface area contributed by atoms with Crippen LogP contribution in [0.4, 0.5) is 30.4 Å². The van der Waals surface area contributed by atoms with Gasteiger partial charge in [0.2, 0.25) is 0 Å². The fraction of sp³-hybridized carbons (Fsp3) is 0.200. The number of benzene rings is 2. The number of ether oxygens (including phenoxy) is 1. The van der Waals surface area contributed by atoms with E-state index in [4.69, 9.17) is 4.74 Å². The zero-order valence-corrected chi connectivity index (χ0v) is 15.8. The van der Waals surface area contributed by atoms with Crippen LogP contribution < -0.4 is 9.64 Å². The Bertz CT molecular complexity index is 1030. The zero-order valence-electron chi connectivity index (χ0n) is 15.8. The lowest BCUT2D eigenvalue weighted by molar-refractivity contribution is -0.384. The van der Waals surface area contributed by atoms with Gasteiger partial charge in [0.15, 0.2) is 5.82 Å². The number of aromatic nitrogens is 2. The number of hydrogen-bond acceptors (Lipinski definition) is 6. The first kappa shape index (κ1) is 21.0. The molecule has 1 heterocycles. The molecule has 0 bridgehead atoms. The van der Waals surface area contributed by atoms with Crippen LogP contribution in [-0.4, -0.2) is 21.4 Å². The van der Waals surface area contributed by atoms with Crippen LogP contribution in [0.5, 0.6) is 6.01 Å². The molecule has 0 fully saturated rings. The van der Waals surface area contributed by atoms with Crippen LogP contribution >= 0.6 is 0 Å². The second-order valence-electron chi connectivity index (χ2n) is 6.18. The summed E-state index contributed by atoms with van der Waals surface area (Å²) in [7, 11) is 0. The van der Waals surface area contributed by atoms with E-state index in [1.165, 1.54) is 29.2 Å². The van der Waals surface area contributed by atoms with E-state index in [-0.39, 0.29) is 30.5 Å². The van der Waals surface area contributed by atoms with E-state index in [1.807, 2.05) is 6.07 Å². The van der Waals surface area contributed by atoms with Crippen LogP contribution in [0, 0.1) is 10.1 Å². The normalized spacial score (nSPS) is 11.2. The highest BCUT2D eigenvalue weighted by molar-refractivity contribution is 5.65. The number of rotatable bonds is 7. The van der Waals surface area contributed by atoms with E-state index in [0.29, 0.717) is 6.20 Å². The van der Waals surface area contributed by atoms with E-state index < -0.39 is 22.5 Å². The third-order valence-corrected chi connectivity index (χ3v) is 4.19. The van der Waals surface area contributed by atoms with E-state index in [9.17, 15) is 23.3 Å². The van der Waals surface area contributed by atoms with Crippen LogP contribution in [0.25, 0.3) is 0 Å². The molecule has 0 spiro atoms. The molecule has 0 unspecified atom stereocenters. The molecule has 0 saturated heterocycles. The smallest absolute Gasteiger partial charge is 0.421 e. The molecule has 10 heteroatoms. The fourth-order valence-electron chi connectivity index (χ4n) is 2.78. The van der Waals surface area contributed by atoms with Crippen molar-refractivity contribution in [3.63, 3.8) is 0 Å². The van der Waals surface area contributed by atoms with Gasteiger partial charge in [-0.3, -0.25) is 10.1 Å². The lowest BCUT2D eigenvalue weighted by atomic mass is 10.2. The molecule has 0 radical (unpaired) electrons. The standard InChI is InChI=1S/C20H17F3N4O3/c1-2-26(15-9-6-10-16(11-15)27(28)29)18-17(20(21,22)23)12-24-19(25-18)30-13-14-7-4-3-5-8-14/h3-12H,2,13H2,1H3. The molecule has 156 valence electrons. The van der Waals surface area contributed by atoms with Crippen molar-refractivity contribution < 1.29 is 22.8 Å². The maximum Gasteiger partial charge on any atom is 0.421 e. The summed E-state index contributed by atoms with van der Waals surface area (Å²) < 4.78 is 46.3. The topological polar surface area (TPSA) is 81.4 Å². The summed E-state index contributed by atoms with van der Waals surface area (Å²) in [6.07, 6.45) is -4.07. The maximum atomic E-state index is 13.6. The van der Waals surface area contributed by atoms with Crippen LogP contribution in [-0.2, 0) is 12.8 Å². The molecular weight excluding hydrogens is 401 g/mol. The second kappa shape index (κ2) is 8.76. The second-order valence-corrected chi connectivity index (χ2v) is 6.18. The molecule has 0 aliphatic heterocycles. The third-order valence-electron chi connectivity index (χ3n) is 4.19. The predicted molar refractivity (Wildman–Crippen MR) is 104 cm³/mol. The van der Waals surface area contributed by atoms with E-state index in [1.54, 1.807) is 31.2 Å². The number of anilines is 2. The first-order chi connectivity index (χ1) is 14.3. The van der Waals surface area contributed by atoms with Gasteiger partial charge >= 0.3 is 12.2 Å². The highest BCUT2D eigenvalue weighted by atomic mass is 19.4. The summed E-state index contributed by atoms with van der Waals surface area (Å²) in [6, 6.07) is 14.1. The van der Waals surface area contributed by atoms with Gasteiger partial charge in [-0.2, -0.15) is 18.2 Å². The van der Waals surface area contributed by atoms with Crippen molar-refractivity contribution in [2.24, 2.45) is 0 Å². The van der Waals surface area contributed by atoms with Gasteiger partial charge in [0, 0.05) is 30.6 Å². The van der Waals surface area contributed by atoms with Crippen LogP contribution in [0.15, 0.2) is 60.8 Å². The zero-order chi connectivity index (χ0) is 21.7. The first-order valence-electron chi connectivity index (χ1n) is 8.92. The van der Waals surface area contributed by atoms with Crippen LogP contribution in [0.3, 0.4) is 0 Å². The molecule has 0 amide bonds. The minimum atomic E-state index is -4.72. The minimum Gasteiger partial charge on any atom is -0.459 e. The summed E-state index contributed by atoms with van der Waals surface area (Å²) >= 11 is 0. The SMILES string of the molecule is CCN(c1cccc([N+](=O)[O-])c1)c1nc(OCc2ccccc2)ncc1C(F)(F)F. The van der Waals surface area contributed by atoms with Gasteiger partial charge in [-0.15, -0.1) is 0 Å². The number of non-ortho nitro benzene ring substituents is 1. The van der Waals surface area contributed by atoms with E-state index in [0.717, 1.165) is 5.56 Å². The number of nitro benzene ring substituents is 1. The number of nitro groups is 1. The average molecular weight is 418 g/mol. The van der Waals surface area contributed by atoms with Crippen molar-refractivity contribution in [2.45, 2.75) is 19.7 Å². The Morgan fingerprint density at radius 1 is 1.13 bits per heavy atom. The van der Waals surface area contributed by atoms with Crippen molar-refractivity contribution in [1.82, 2.24) is 9.97 Å². The number of halogens is 3. The van der Waals surface area contributed by atoms with Gasteiger partial charge in [0.05, 0.1) is 4.92 Å². The molecule has 0 aliphatic carbocycles. The van der Waals surface area contributed by atoms with E-state index in [2.05, 4.69) is 9.97 Å². The third kappa shape index (κ3) is 4.83. The molecule has 0 aliphatic rings. The van der Waals surface area contributed by atoms with Crippen LogP contribution in [0.1, 0.15) is 18.1 Å². The molecule has 1 aromatic heterocycles. The van der Waals surface area contributed by atoms with Gasteiger partial charge in [-0.25, -0.2) is 4.98 Å². The summed E-state index contributed by atoms with van der Waals surface area (Å²) in [5.41, 5.74) is -0.310. The van der Waals surface area contributed by atoms with Gasteiger partial charge < -0.3 is 9.64 Å². The molecule has 3 aromatic rings. The van der Waals surface area contributed by atoms with Gasteiger partial charge in [-0.05, 0) is 18.6 Å². The lowest BCUT2D eigenvalue weighted by Gasteiger charge is -2.25. The largest absolute Gasteiger partial charge is 0.459 e. The molecule has 0 N–H and O–H groups in total. The summed E-state index contributed by atoms with van der Waals surface area (Å²) in [6.45, 7) is 1.78. The Morgan fingerprint density at radius 2 is 1.87 bits per heavy atom. The molecule has 0 saturated carbocycles. The molecule has 2 aromatic carbocycles. The molecule has 30 heavy (non-hydrogen) atoms. The monoisotopic (exact) mass is 418 g/mol. The van der Waals surface area contributed by atoms with Gasteiger partial charge in [0.1, 0.15) is 12.2 Å². The predicted octanol–water partition coefficient (Wildman–Crippen LogP) is 5.14. The van der Waals surface area contributed by atoms with Crippen molar-refractivity contribution >= 4 is 17.2 Å². The number of hydrogen-bond donors (Lipinski definition) is 0. The van der Waals surface area contributed by atoms with Crippen molar-refractivity contribution in [1.29, 1.82) is 0 Å². The van der Waals surface area contributed by atoms with Crippen LogP contribution in [0.2, 0.25) is 0 Å². The Kier molecular flexibility index (Phi) is 6.14. The van der Waals surface area contributed by atoms with Crippen molar-refractivity contribution in [2.75, 3.05) is 11.4 Å². The van der Waals surface area contributed by atoms with Crippen molar-refractivity contribution in [3.8, 4) is 6.01 Å². The summed E-state index contributed by atoms with van der Waals surface area (Å²) in [5.74, 6) is -0.441. The maximum absolute atomic E-state index is 13.6. The Morgan fingerprint density at radius 3 is 2.50 bits per heavy atom. The Labute approximate surface area is 169 Å². The highest BCUT2D eigenvalue weighted by Crippen LogP contribution is 2.38. The van der Waals surface area contributed by atoms with Crippen molar-refractivity contribution in [3.05, 3.63) is 82.0 Å². The summed E-state index contributed by atoms with van der Waals surface area (Å²) in [5, 5.41) is 11.1. The Hall–Kier alpha value is -3.69. The molecular formula is C20H17F3N4O3. The summed E-state index contributed by atoms with van der Waals surface area (Å²) in [4.78, 5) is 19.3. The molecule has 3 rings (SSSR count). The Balaban J connectivity index is 2.00. The highest BCUT2D eigenvalue weighted by Gasteiger charge is 2.37. The molecule has 7 nitrogen and oxygen atoms in total. The fourth-order valence-corrected chi connectivity index (χ4v) is 2.78. The number of alkyl halides is 3. The minimum absolute atomic E-state index is 0.0780. The molecule has 0 atom stereocenters. The van der Waals surface area contributed by atoms with Gasteiger partial charge in [0.25, 0.3) is 5.69 Å². The van der Waals surface area contributed by atoms with Gasteiger partial charge in [-0.1, -0.05) is 36.4 Å². The lowest BCUT2D eigenvalue weighted by Crippen LogP contribution is -2.23.